The van der Waals surface area contributed by atoms with Crippen molar-refractivity contribution in [1.29, 1.82) is 0 Å². The maximum Gasteiger partial charge on any atom is 0.351 e. The van der Waals surface area contributed by atoms with Gasteiger partial charge in [0.2, 0.25) is 6.23 Å². The number of Topliss-reactive ketones (excluding diaryl/α,β-unsaturated/α-hetero) is 3. The highest BCUT2D eigenvalue weighted by molar-refractivity contribution is 5.89. The minimum Gasteiger partial charge on any atom is -0.461 e. The maximum absolute atomic E-state index is 14.6. The molecule has 0 bridgehead atoms. The van der Waals surface area contributed by atoms with Gasteiger partial charge in [0, 0.05) is 38.0 Å². The molecule has 4 atom stereocenters. The van der Waals surface area contributed by atoms with Gasteiger partial charge >= 0.3 is 17.6 Å². The fraction of sp³-hybridized carbons (Fsp3) is 0.704. The quantitative estimate of drug-likeness (QED) is 0.170. The molecule has 236 valence electrons. The van der Waals surface area contributed by atoms with Crippen LogP contribution in [-0.2, 0) is 38.1 Å². The number of nitrogens with zero attached hydrogens (tertiary/aromatic N) is 2. The van der Waals surface area contributed by atoms with Crippen molar-refractivity contribution in [2.24, 2.45) is 11.8 Å². The average Bonchev–Trinajstić information content (AvgIpc) is 3.14. The lowest BCUT2D eigenvalue weighted by molar-refractivity contribution is -0.156. The largest absolute Gasteiger partial charge is 0.461 e. The molecule has 0 saturated carbocycles. The molecule has 2 heterocycles. The number of carbonyl (C=O) groups is 4. The van der Waals surface area contributed by atoms with E-state index < -0.39 is 67.5 Å². The summed E-state index contributed by atoms with van der Waals surface area (Å²) in [6.45, 7) is 1.61. The standard InChI is InChI=1S/C27H39F2N3O10/c1-16(2)23(36)17(7-5-4-6-8-18(33)12-39-3)11-19(34)13-40-15-22(35)41-14-20-24(37)27(28,29)25(42-20)32-10-9-21(30)31-26(32)38/h9-10,16-17,20,24-25,37H,4-8,11-15H2,1-3H3,(H2,30,31,38)/t17?,20-,24+,25-/m1/s1. The van der Waals surface area contributed by atoms with Crippen LogP contribution in [0.3, 0.4) is 0 Å². The van der Waals surface area contributed by atoms with Crippen molar-refractivity contribution in [3.63, 3.8) is 0 Å². The molecule has 0 aliphatic carbocycles. The summed E-state index contributed by atoms with van der Waals surface area (Å²) >= 11 is 0. The first kappa shape index (κ1) is 35.1. The van der Waals surface area contributed by atoms with Crippen LogP contribution in [0.25, 0.3) is 0 Å². The number of nitrogen functional groups attached to an aromatic ring is 1. The summed E-state index contributed by atoms with van der Waals surface area (Å²) < 4.78 is 49.5. The fourth-order valence-corrected chi connectivity index (χ4v) is 4.45. The van der Waals surface area contributed by atoms with E-state index in [2.05, 4.69) is 4.98 Å². The van der Waals surface area contributed by atoms with Crippen LogP contribution in [0.4, 0.5) is 14.6 Å². The van der Waals surface area contributed by atoms with Gasteiger partial charge in [-0.15, -0.1) is 0 Å². The number of hydrogen-bond donors (Lipinski definition) is 2. The zero-order valence-corrected chi connectivity index (χ0v) is 24.0. The molecule has 42 heavy (non-hydrogen) atoms. The van der Waals surface area contributed by atoms with Crippen LogP contribution in [0, 0.1) is 11.8 Å². The van der Waals surface area contributed by atoms with Gasteiger partial charge in [-0.2, -0.15) is 13.8 Å². The molecule has 1 aliphatic rings. The van der Waals surface area contributed by atoms with E-state index in [1.807, 2.05) is 0 Å². The molecule has 1 aromatic rings. The number of aromatic nitrogens is 2. The highest BCUT2D eigenvalue weighted by Crippen LogP contribution is 2.42. The molecule has 1 aromatic heterocycles. The Balaban J connectivity index is 1.77. The first-order valence-electron chi connectivity index (χ1n) is 13.6. The molecular weight excluding hydrogens is 564 g/mol. The lowest BCUT2D eigenvalue weighted by Crippen LogP contribution is -2.42. The third-order valence-electron chi connectivity index (χ3n) is 6.63. The maximum atomic E-state index is 14.6. The Bertz CT molecular complexity index is 1140. The number of esters is 1. The highest BCUT2D eigenvalue weighted by atomic mass is 19.3. The number of nitrogens with two attached hydrogens (primary N) is 1. The van der Waals surface area contributed by atoms with Crippen molar-refractivity contribution in [3.05, 3.63) is 22.7 Å². The van der Waals surface area contributed by atoms with E-state index in [9.17, 15) is 37.9 Å². The molecular formula is C27H39F2N3O10. The van der Waals surface area contributed by atoms with Gasteiger partial charge in [-0.1, -0.05) is 26.7 Å². The van der Waals surface area contributed by atoms with E-state index in [4.69, 9.17) is 24.7 Å². The molecule has 0 amide bonds. The first-order chi connectivity index (χ1) is 19.8. The van der Waals surface area contributed by atoms with E-state index in [1.54, 1.807) is 13.8 Å². The molecule has 0 aromatic carbocycles. The SMILES string of the molecule is COCC(=O)CCCCCC(CC(=O)COCC(=O)OC[C@H]1O[C@@H](n2ccc(N)nc2=O)C(F)(F)[C@H]1O)C(=O)C(C)C. The third-order valence-corrected chi connectivity index (χ3v) is 6.63. The Morgan fingerprint density at radius 2 is 1.86 bits per heavy atom. The van der Waals surface area contributed by atoms with Gasteiger partial charge in [0.25, 0.3) is 0 Å². The molecule has 1 saturated heterocycles. The van der Waals surface area contributed by atoms with Crippen molar-refractivity contribution in [3.8, 4) is 0 Å². The number of methoxy groups -OCH3 is 1. The predicted molar refractivity (Wildman–Crippen MR) is 142 cm³/mol. The minimum atomic E-state index is -3.91. The number of ether oxygens (including phenoxy) is 4. The number of rotatable bonds is 19. The van der Waals surface area contributed by atoms with Gasteiger partial charge in [0.1, 0.15) is 44.1 Å². The summed E-state index contributed by atoms with van der Waals surface area (Å²) in [5.41, 5.74) is 4.25. The topological polar surface area (TPSA) is 186 Å². The summed E-state index contributed by atoms with van der Waals surface area (Å²) in [7, 11) is 1.45. The number of halogens is 2. The van der Waals surface area contributed by atoms with E-state index in [0.29, 0.717) is 36.7 Å². The second kappa shape index (κ2) is 16.5. The van der Waals surface area contributed by atoms with Gasteiger partial charge in [-0.25, -0.2) is 9.59 Å². The van der Waals surface area contributed by atoms with Crippen LogP contribution in [0.2, 0.25) is 0 Å². The van der Waals surface area contributed by atoms with Gasteiger partial charge < -0.3 is 29.8 Å². The Morgan fingerprint density at radius 3 is 2.50 bits per heavy atom. The van der Waals surface area contributed by atoms with E-state index in [0.717, 1.165) is 12.3 Å². The summed E-state index contributed by atoms with van der Waals surface area (Å²) in [6, 6.07) is 1.11. The van der Waals surface area contributed by atoms with Crippen molar-refractivity contribution in [1.82, 2.24) is 9.55 Å². The Hall–Kier alpha value is -3.14. The van der Waals surface area contributed by atoms with E-state index in [1.165, 1.54) is 7.11 Å². The number of anilines is 1. The number of carbonyl (C=O) groups excluding carboxylic acids is 4. The fourth-order valence-electron chi connectivity index (χ4n) is 4.45. The number of aliphatic hydroxyl groups is 1. The van der Waals surface area contributed by atoms with Crippen LogP contribution in [-0.4, -0.2) is 89.6 Å². The summed E-state index contributed by atoms with van der Waals surface area (Å²) in [5, 5.41) is 10.0. The first-order valence-corrected chi connectivity index (χ1v) is 13.6. The van der Waals surface area contributed by atoms with Gasteiger partial charge in [0.05, 0.1) is 0 Å². The third kappa shape index (κ3) is 10.3. The number of aliphatic hydroxyl groups excluding tert-OH is 1. The van der Waals surface area contributed by atoms with Crippen LogP contribution >= 0.6 is 0 Å². The van der Waals surface area contributed by atoms with Crippen LogP contribution in [0.15, 0.2) is 17.1 Å². The zero-order chi connectivity index (χ0) is 31.4. The van der Waals surface area contributed by atoms with E-state index in [-0.39, 0.29) is 36.3 Å². The normalized spacial score (nSPS) is 20.4. The Morgan fingerprint density at radius 1 is 1.14 bits per heavy atom. The molecule has 2 rings (SSSR count). The Kier molecular flexibility index (Phi) is 13.8. The Labute approximate surface area is 241 Å². The number of unbranched alkanes of at least 4 members (excludes halogenated alkanes) is 2. The monoisotopic (exact) mass is 603 g/mol. The number of alkyl halides is 2. The van der Waals surface area contributed by atoms with E-state index >= 15 is 0 Å². The molecule has 1 unspecified atom stereocenters. The molecule has 3 N–H and O–H groups in total. The number of hydrogen-bond acceptors (Lipinski definition) is 12. The predicted octanol–water partition coefficient (Wildman–Crippen LogP) is 1.25. The molecule has 1 fully saturated rings. The summed E-state index contributed by atoms with van der Waals surface area (Å²) in [5.74, 6) is -6.38. The van der Waals surface area contributed by atoms with Crippen LogP contribution < -0.4 is 11.4 Å². The molecule has 0 radical (unpaired) electrons. The summed E-state index contributed by atoms with van der Waals surface area (Å²) in [4.78, 5) is 63.9. The van der Waals surface area contributed by atoms with Crippen molar-refractivity contribution >= 4 is 29.1 Å². The average molecular weight is 604 g/mol. The van der Waals surface area contributed by atoms with Gasteiger partial charge in [-0.05, 0) is 18.9 Å². The minimum absolute atomic E-state index is 0.000188. The van der Waals surface area contributed by atoms with Crippen LogP contribution in [0.1, 0.15) is 58.6 Å². The van der Waals surface area contributed by atoms with Crippen LogP contribution in [0.5, 0.6) is 0 Å². The molecule has 15 heteroatoms. The number of ketones is 3. The molecule has 0 spiro atoms. The highest BCUT2D eigenvalue weighted by Gasteiger charge is 2.60. The van der Waals surface area contributed by atoms with Crippen molar-refractivity contribution in [2.75, 3.05) is 39.3 Å². The summed E-state index contributed by atoms with van der Waals surface area (Å²) in [6.07, 6.45) is -2.52. The van der Waals surface area contributed by atoms with Crippen molar-refractivity contribution in [2.45, 2.75) is 76.7 Å². The molecule has 13 nitrogen and oxygen atoms in total. The molecule has 1 aliphatic heterocycles. The van der Waals surface area contributed by atoms with Crippen molar-refractivity contribution < 1.29 is 52.0 Å². The zero-order valence-electron chi connectivity index (χ0n) is 24.0. The lowest BCUT2D eigenvalue weighted by atomic mass is 9.86. The smallest absolute Gasteiger partial charge is 0.351 e. The second-order valence-corrected chi connectivity index (χ2v) is 10.4. The second-order valence-electron chi connectivity index (χ2n) is 10.4. The van der Waals surface area contributed by atoms with Gasteiger partial charge in [-0.3, -0.25) is 19.0 Å². The lowest BCUT2D eigenvalue weighted by Gasteiger charge is -2.20. The van der Waals surface area contributed by atoms with Gasteiger partial charge in [0.15, 0.2) is 17.7 Å².